The lowest BCUT2D eigenvalue weighted by Gasteiger charge is -2.05. The van der Waals surface area contributed by atoms with E-state index in [4.69, 9.17) is 10.5 Å². The number of nitrogens with zero attached hydrogens (tertiary/aromatic N) is 1. The van der Waals surface area contributed by atoms with Crippen LogP contribution in [0.25, 0.3) is 0 Å². The van der Waals surface area contributed by atoms with Crippen LogP contribution in [0.1, 0.15) is 17.7 Å². The summed E-state index contributed by atoms with van der Waals surface area (Å²) in [5.41, 5.74) is 6.89. The van der Waals surface area contributed by atoms with Crippen molar-refractivity contribution < 1.29 is 13.2 Å². The molecule has 0 bridgehead atoms. The number of pyridine rings is 1. The normalized spacial score (nSPS) is 11.6. The topological polar surface area (TPSA) is 82.3 Å². The van der Waals surface area contributed by atoms with Gasteiger partial charge in [0.1, 0.15) is 0 Å². The van der Waals surface area contributed by atoms with Crippen LogP contribution < -0.4 is 5.73 Å². The fourth-order valence-electron chi connectivity index (χ4n) is 1.48. The lowest BCUT2D eigenvalue weighted by Crippen LogP contribution is -2.11. The molecule has 0 atom stereocenters. The van der Waals surface area contributed by atoms with Gasteiger partial charge in [0.15, 0.2) is 9.84 Å². The van der Waals surface area contributed by atoms with Gasteiger partial charge in [-0.15, -0.1) is 0 Å². The van der Waals surface area contributed by atoms with Crippen molar-refractivity contribution in [3.8, 4) is 0 Å². The fourth-order valence-corrected chi connectivity index (χ4v) is 2.87. The van der Waals surface area contributed by atoms with E-state index >= 15 is 0 Å². The molecule has 1 rings (SSSR count). The SMILES string of the molecule is COCCCS(=O)(=O)Cc1ccnc(CN)c1. The van der Waals surface area contributed by atoms with Crippen LogP contribution in [0.15, 0.2) is 18.3 Å². The third-order valence-electron chi connectivity index (χ3n) is 2.28. The van der Waals surface area contributed by atoms with E-state index in [1.54, 1.807) is 25.4 Å². The molecule has 6 heteroatoms. The highest BCUT2D eigenvalue weighted by Crippen LogP contribution is 2.08. The summed E-state index contributed by atoms with van der Waals surface area (Å²) in [6.45, 7) is 0.779. The molecule has 1 aromatic rings. The number of sulfone groups is 1. The molecule has 0 aliphatic carbocycles. The molecule has 0 fully saturated rings. The molecule has 1 aromatic heterocycles. The zero-order valence-electron chi connectivity index (χ0n) is 9.93. The summed E-state index contributed by atoms with van der Waals surface area (Å²) in [6.07, 6.45) is 2.11. The highest BCUT2D eigenvalue weighted by atomic mass is 32.2. The molecule has 5 nitrogen and oxygen atoms in total. The first-order valence-electron chi connectivity index (χ1n) is 5.40. The molecule has 0 aliphatic rings. The predicted octanol–water partition coefficient (Wildman–Crippen LogP) is 0.492. The second-order valence-electron chi connectivity index (χ2n) is 3.80. The van der Waals surface area contributed by atoms with E-state index in [1.165, 1.54) is 0 Å². The van der Waals surface area contributed by atoms with Crippen LogP contribution in [0, 0.1) is 0 Å². The van der Waals surface area contributed by atoms with Crippen LogP contribution in [0.3, 0.4) is 0 Å². The van der Waals surface area contributed by atoms with Gasteiger partial charge in [0, 0.05) is 26.5 Å². The molecular formula is C11H18N2O3S. The molecule has 1 heterocycles. The van der Waals surface area contributed by atoms with Crippen molar-refractivity contribution in [3.63, 3.8) is 0 Å². The Morgan fingerprint density at radius 1 is 1.47 bits per heavy atom. The van der Waals surface area contributed by atoms with Gasteiger partial charge in [-0.05, 0) is 24.1 Å². The first kappa shape index (κ1) is 14.1. The van der Waals surface area contributed by atoms with Gasteiger partial charge < -0.3 is 10.5 Å². The average molecular weight is 258 g/mol. The fraction of sp³-hybridized carbons (Fsp3) is 0.545. The molecule has 0 saturated heterocycles. The van der Waals surface area contributed by atoms with Gasteiger partial charge in [-0.25, -0.2) is 8.42 Å². The van der Waals surface area contributed by atoms with Gasteiger partial charge in [-0.1, -0.05) is 0 Å². The minimum Gasteiger partial charge on any atom is -0.385 e. The van der Waals surface area contributed by atoms with E-state index in [9.17, 15) is 8.42 Å². The van der Waals surface area contributed by atoms with Gasteiger partial charge in [0.05, 0.1) is 17.2 Å². The van der Waals surface area contributed by atoms with Crippen LogP contribution in [-0.4, -0.2) is 32.9 Å². The number of hydrogen-bond donors (Lipinski definition) is 1. The van der Waals surface area contributed by atoms with Gasteiger partial charge in [-0.3, -0.25) is 4.98 Å². The largest absolute Gasteiger partial charge is 0.385 e. The third-order valence-corrected chi connectivity index (χ3v) is 3.96. The summed E-state index contributed by atoms with van der Waals surface area (Å²) < 4.78 is 28.4. The smallest absolute Gasteiger partial charge is 0.154 e. The van der Waals surface area contributed by atoms with E-state index in [1.807, 2.05) is 0 Å². The number of aromatic nitrogens is 1. The maximum absolute atomic E-state index is 11.8. The Labute approximate surface area is 102 Å². The Morgan fingerprint density at radius 2 is 2.24 bits per heavy atom. The minimum absolute atomic E-state index is 0.0340. The Bertz CT molecular complexity index is 446. The zero-order valence-corrected chi connectivity index (χ0v) is 10.7. The monoisotopic (exact) mass is 258 g/mol. The van der Waals surface area contributed by atoms with Crippen molar-refractivity contribution in [2.45, 2.75) is 18.7 Å². The molecule has 0 saturated carbocycles. The third kappa shape index (κ3) is 5.25. The summed E-state index contributed by atoms with van der Waals surface area (Å²) in [5.74, 6) is 0.174. The molecule has 0 amide bonds. The van der Waals surface area contributed by atoms with Crippen LogP contribution in [0.2, 0.25) is 0 Å². The molecule has 17 heavy (non-hydrogen) atoms. The van der Waals surface area contributed by atoms with Crippen LogP contribution >= 0.6 is 0 Å². The first-order valence-corrected chi connectivity index (χ1v) is 7.23. The standard InChI is InChI=1S/C11H18N2O3S/c1-16-5-2-6-17(14,15)9-10-3-4-13-11(7-10)8-12/h3-4,7H,2,5-6,8-9,12H2,1H3. The molecule has 0 radical (unpaired) electrons. The minimum atomic E-state index is -3.08. The Kier molecular flexibility index (Phi) is 5.54. The maximum Gasteiger partial charge on any atom is 0.154 e. The summed E-state index contributed by atoms with van der Waals surface area (Å²) in [4.78, 5) is 4.02. The predicted molar refractivity (Wildman–Crippen MR) is 66.1 cm³/mol. The lowest BCUT2D eigenvalue weighted by molar-refractivity contribution is 0.199. The van der Waals surface area contributed by atoms with E-state index in [2.05, 4.69) is 4.98 Å². The zero-order chi connectivity index (χ0) is 12.7. The highest BCUT2D eigenvalue weighted by Gasteiger charge is 2.12. The van der Waals surface area contributed by atoms with Crippen molar-refractivity contribution >= 4 is 9.84 Å². The summed E-state index contributed by atoms with van der Waals surface area (Å²) in [7, 11) is -1.52. The molecule has 0 aromatic carbocycles. The quantitative estimate of drug-likeness (QED) is 0.720. The molecule has 96 valence electrons. The van der Waals surface area contributed by atoms with Crippen LogP contribution in [0.4, 0.5) is 0 Å². The van der Waals surface area contributed by atoms with E-state index in [0.29, 0.717) is 25.3 Å². The van der Waals surface area contributed by atoms with Crippen molar-refractivity contribution in [2.75, 3.05) is 19.5 Å². The summed E-state index contributed by atoms with van der Waals surface area (Å²) in [6, 6.07) is 3.43. The average Bonchev–Trinajstić information content (AvgIpc) is 2.29. The van der Waals surface area contributed by atoms with Gasteiger partial charge >= 0.3 is 0 Å². The van der Waals surface area contributed by atoms with E-state index in [0.717, 1.165) is 5.56 Å². The van der Waals surface area contributed by atoms with Crippen molar-refractivity contribution in [1.29, 1.82) is 0 Å². The van der Waals surface area contributed by atoms with Crippen molar-refractivity contribution in [2.24, 2.45) is 5.73 Å². The molecular weight excluding hydrogens is 240 g/mol. The van der Waals surface area contributed by atoms with Crippen LogP contribution in [-0.2, 0) is 26.9 Å². The second kappa shape index (κ2) is 6.68. The van der Waals surface area contributed by atoms with E-state index in [-0.39, 0.29) is 11.5 Å². The molecule has 0 spiro atoms. The van der Waals surface area contributed by atoms with Gasteiger partial charge in [0.25, 0.3) is 0 Å². The van der Waals surface area contributed by atoms with E-state index < -0.39 is 9.84 Å². The Balaban J connectivity index is 2.62. The summed E-state index contributed by atoms with van der Waals surface area (Å²) >= 11 is 0. The molecule has 0 unspecified atom stereocenters. The van der Waals surface area contributed by atoms with Crippen molar-refractivity contribution in [1.82, 2.24) is 4.98 Å². The first-order chi connectivity index (χ1) is 8.07. The Hall–Kier alpha value is -0.980. The number of ether oxygens (including phenoxy) is 1. The highest BCUT2D eigenvalue weighted by molar-refractivity contribution is 7.90. The van der Waals surface area contributed by atoms with Crippen molar-refractivity contribution in [3.05, 3.63) is 29.6 Å². The second-order valence-corrected chi connectivity index (χ2v) is 5.98. The maximum atomic E-state index is 11.8. The van der Waals surface area contributed by atoms with Crippen LogP contribution in [0.5, 0.6) is 0 Å². The molecule has 0 aliphatic heterocycles. The lowest BCUT2D eigenvalue weighted by atomic mass is 10.2. The number of nitrogens with two attached hydrogens (primary N) is 1. The molecule has 2 N–H and O–H groups in total. The summed E-state index contributed by atoms with van der Waals surface area (Å²) in [5, 5.41) is 0. The van der Waals surface area contributed by atoms with Gasteiger partial charge in [0.2, 0.25) is 0 Å². The number of methoxy groups -OCH3 is 1. The number of hydrogen-bond acceptors (Lipinski definition) is 5. The number of rotatable bonds is 7. The Morgan fingerprint density at radius 3 is 2.88 bits per heavy atom. The van der Waals surface area contributed by atoms with Gasteiger partial charge in [-0.2, -0.15) is 0 Å².